The van der Waals surface area contributed by atoms with E-state index in [0.717, 1.165) is 10.7 Å². The molecule has 0 unspecified atom stereocenters. The first-order chi connectivity index (χ1) is 12.8. The monoisotopic (exact) mass is 410 g/mol. The maximum atomic E-state index is 13.2. The zero-order valence-corrected chi connectivity index (χ0v) is 17.0. The van der Waals surface area contributed by atoms with Gasteiger partial charge in [-0.05, 0) is 55.8 Å². The quantitative estimate of drug-likeness (QED) is 0.723. The van der Waals surface area contributed by atoms with E-state index in [1.165, 1.54) is 25.3 Å². The van der Waals surface area contributed by atoms with Gasteiger partial charge in [-0.25, -0.2) is 8.42 Å². The van der Waals surface area contributed by atoms with Crippen LogP contribution >= 0.6 is 11.6 Å². The number of amides is 1. The molecule has 0 heterocycles. The molecule has 1 amide bonds. The van der Waals surface area contributed by atoms with Gasteiger partial charge in [0.2, 0.25) is 5.91 Å². The van der Waals surface area contributed by atoms with Crippen LogP contribution in [-0.2, 0) is 14.8 Å². The minimum Gasteiger partial charge on any atom is -0.497 e. The number of hydrogen-bond acceptors (Lipinski definition) is 4. The Bertz CT molecular complexity index is 885. The van der Waals surface area contributed by atoms with E-state index < -0.39 is 10.0 Å². The van der Waals surface area contributed by atoms with Crippen LogP contribution in [0.1, 0.15) is 20.3 Å². The molecule has 8 heteroatoms. The van der Waals surface area contributed by atoms with Crippen LogP contribution in [0.3, 0.4) is 0 Å². The molecule has 2 aromatic carbocycles. The SMILES string of the molecule is CC[C@H](C)NC(=O)CN(c1cccc(Cl)c1)S(=O)(=O)c1ccc(OC)cc1. The summed E-state index contributed by atoms with van der Waals surface area (Å²) < 4.78 is 32.5. The number of carbonyl (C=O) groups is 1. The van der Waals surface area contributed by atoms with E-state index in [9.17, 15) is 13.2 Å². The Morgan fingerprint density at radius 3 is 2.44 bits per heavy atom. The molecule has 0 aromatic heterocycles. The highest BCUT2D eigenvalue weighted by molar-refractivity contribution is 7.92. The van der Waals surface area contributed by atoms with E-state index in [4.69, 9.17) is 16.3 Å². The largest absolute Gasteiger partial charge is 0.497 e. The summed E-state index contributed by atoms with van der Waals surface area (Å²) in [7, 11) is -2.47. The third kappa shape index (κ3) is 5.37. The maximum absolute atomic E-state index is 13.2. The number of carbonyl (C=O) groups excluding carboxylic acids is 1. The second-order valence-corrected chi connectivity index (χ2v) is 8.34. The van der Waals surface area contributed by atoms with Gasteiger partial charge in [-0.1, -0.05) is 24.6 Å². The summed E-state index contributed by atoms with van der Waals surface area (Å²) in [5.41, 5.74) is 0.317. The molecule has 0 saturated carbocycles. The lowest BCUT2D eigenvalue weighted by Crippen LogP contribution is -2.43. The first-order valence-corrected chi connectivity index (χ1v) is 10.3. The van der Waals surface area contributed by atoms with Gasteiger partial charge in [0.1, 0.15) is 12.3 Å². The molecule has 0 spiro atoms. The van der Waals surface area contributed by atoms with Crippen molar-refractivity contribution < 1.29 is 17.9 Å². The molecule has 27 heavy (non-hydrogen) atoms. The number of nitrogens with zero attached hydrogens (tertiary/aromatic N) is 1. The molecule has 0 radical (unpaired) electrons. The highest BCUT2D eigenvalue weighted by Gasteiger charge is 2.27. The minimum absolute atomic E-state index is 0.0533. The Morgan fingerprint density at radius 2 is 1.89 bits per heavy atom. The van der Waals surface area contributed by atoms with E-state index >= 15 is 0 Å². The summed E-state index contributed by atoms with van der Waals surface area (Å²) in [4.78, 5) is 12.4. The molecule has 2 rings (SSSR count). The first-order valence-electron chi connectivity index (χ1n) is 8.49. The van der Waals surface area contributed by atoms with Crippen molar-refractivity contribution in [1.29, 1.82) is 0 Å². The number of hydrogen-bond donors (Lipinski definition) is 1. The molecule has 0 bridgehead atoms. The van der Waals surface area contributed by atoms with Gasteiger partial charge < -0.3 is 10.1 Å². The molecule has 6 nitrogen and oxygen atoms in total. The Morgan fingerprint density at radius 1 is 1.22 bits per heavy atom. The molecule has 146 valence electrons. The standard InChI is InChI=1S/C19H23ClN2O4S/c1-4-14(2)21-19(23)13-22(16-7-5-6-15(20)12-16)27(24,25)18-10-8-17(26-3)9-11-18/h5-12,14H,4,13H2,1-3H3,(H,21,23)/t14-/m0/s1. The first kappa shape index (κ1) is 21.1. The minimum atomic E-state index is -3.98. The Kier molecular flexibility index (Phi) is 7.10. The zero-order chi connectivity index (χ0) is 20.0. The molecule has 1 N–H and O–H groups in total. The van der Waals surface area contributed by atoms with Crippen molar-refractivity contribution in [2.24, 2.45) is 0 Å². The second-order valence-electron chi connectivity index (χ2n) is 6.04. The summed E-state index contributed by atoms with van der Waals surface area (Å²) in [5.74, 6) is 0.152. The predicted molar refractivity (Wildman–Crippen MR) is 107 cm³/mol. The van der Waals surface area contributed by atoms with Crippen LogP contribution in [0.2, 0.25) is 5.02 Å². The highest BCUT2D eigenvalue weighted by atomic mass is 35.5. The Hall–Kier alpha value is -2.25. The predicted octanol–water partition coefficient (Wildman–Crippen LogP) is 3.46. The van der Waals surface area contributed by atoms with Crippen LogP contribution in [0.25, 0.3) is 0 Å². The molecule has 0 aliphatic rings. The lowest BCUT2D eigenvalue weighted by Gasteiger charge is -2.25. The Labute approximate surface area is 165 Å². The molecule has 1 atom stereocenters. The van der Waals surface area contributed by atoms with Crippen molar-refractivity contribution in [2.75, 3.05) is 18.0 Å². The van der Waals surface area contributed by atoms with Gasteiger partial charge in [-0.15, -0.1) is 0 Å². The van der Waals surface area contributed by atoms with Crippen LogP contribution < -0.4 is 14.4 Å². The van der Waals surface area contributed by atoms with Crippen molar-refractivity contribution in [2.45, 2.75) is 31.2 Å². The van der Waals surface area contributed by atoms with E-state index in [1.807, 2.05) is 13.8 Å². The van der Waals surface area contributed by atoms with Gasteiger partial charge in [-0.2, -0.15) is 0 Å². The van der Waals surface area contributed by atoms with Gasteiger partial charge in [0, 0.05) is 11.1 Å². The van der Waals surface area contributed by atoms with Crippen molar-refractivity contribution in [1.82, 2.24) is 5.32 Å². The summed E-state index contributed by atoms with van der Waals surface area (Å²) in [6.45, 7) is 3.45. The molecular weight excluding hydrogens is 388 g/mol. The van der Waals surface area contributed by atoms with Gasteiger partial charge in [0.25, 0.3) is 10.0 Å². The number of ether oxygens (including phenoxy) is 1. The molecule has 0 aliphatic heterocycles. The molecule has 2 aromatic rings. The maximum Gasteiger partial charge on any atom is 0.264 e. The number of nitrogens with one attached hydrogen (secondary N) is 1. The lowest BCUT2D eigenvalue weighted by molar-refractivity contribution is -0.120. The fourth-order valence-corrected chi connectivity index (χ4v) is 3.97. The molecule has 0 aliphatic carbocycles. The molecular formula is C19H23ClN2O4S. The smallest absolute Gasteiger partial charge is 0.264 e. The fraction of sp³-hybridized carbons (Fsp3) is 0.316. The van der Waals surface area contributed by atoms with Crippen LogP contribution in [0.4, 0.5) is 5.69 Å². The summed E-state index contributed by atoms with van der Waals surface area (Å²) in [6.07, 6.45) is 0.744. The average Bonchev–Trinajstić information content (AvgIpc) is 2.65. The van der Waals surface area contributed by atoms with Crippen LogP contribution in [0, 0.1) is 0 Å². The van der Waals surface area contributed by atoms with E-state index in [1.54, 1.807) is 30.3 Å². The van der Waals surface area contributed by atoms with Crippen LogP contribution in [-0.4, -0.2) is 34.0 Å². The van der Waals surface area contributed by atoms with Crippen molar-refractivity contribution >= 4 is 33.2 Å². The van der Waals surface area contributed by atoms with Crippen molar-refractivity contribution in [3.63, 3.8) is 0 Å². The third-order valence-corrected chi connectivity index (χ3v) is 6.07. The van der Waals surface area contributed by atoms with Gasteiger partial charge in [-0.3, -0.25) is 9.10 Å². The van der Waals surface area contributed by atoms with Gasteiger partial charge in [0.05, 0.1) is 17.7 Å². The number of halogens is 1. The normalized spacial score (nSPS) is 12.3. The summed E-state index contributed by atoms with van der Waals surface area (Å²) in [6, 6.07) is 12.3. The van der Waals surface area contributed by atoms with E-state index in [-0.39, 0.29) is 23.4 Å². The molecule has 0 saturated heterocycles. The van der Waals surface area contributed by atoms with Crippen LogP contribution in [0.15, 0.2) is 53.4 Å². The molecule has 0 fully saturated rings. The third-order valence-electron chi connectivity index (χ3n) is 4.05. The van der Waals surface area contributed by atoms with E-state index in [2.05, 4.69) is 5.32 Å². The number of anilines is 1. The lowest BCUT2D eigenvalue weighted by atomic mass is 10.2. The zero-order valence-electron chi connectivity index (χ0n) is 15.5. The fourth-order valence-electron chi connectivity index (χ4n) is 2.37. The number of sulfonamides is 1. The summed E-state index contributed by atoms with van der Waals surface area (Å²) >= 11 is 6.03. The Balaban J connectivity index is 2.42. The highest BCUT2D eigenvalue weighted by Crippen LogP contribution is 2.27. The van der Waals surface area contributed by atoms with Crippen molar-refractivity contribution in [3.8, 4) is 5.75 Å². The number of rotatable bonds is 8. The average molecular weight is 411 g/mol. The van der Waals surface area contributed by atoms with Crippen LogP contribution in [0.5, 0.6) is 5.75 Å². The van der Waals surface area contributed by atoms with E-state index in [0.29, 0.717) is 16.5 Å². The summed E-state index contributed by atoms with van der Waals surface area (Å²) in [5, 5.41) is 3.17. The number of benzene rings is 2. The number of methoxy groups -OCH3 is 1. The second kappa shape index (κ2) is 9.10. The topological polar surface area (TPSA) is 75.7 Å². The van der Waals surface area contributed by atoms with Gasteiger partial charge >= 0.3 is 0 Å². The van der Waals surface area contributed by atoms with Crippen molar-refractivity contribution in [3.05, 3.63) is 53.6 Å². The van der Waals surface area contributed by atoms with Gasteiger partial charge in [0.15, 0.2) is 0 Å².